The Hall–Kier alpha value is -1.70. The second-order valence-corrected chi connectivity index (χ2v) is 11.3. The van der Waals surface area contributed by atoms with Gasteiger partial charge in [-0.3, -0.25) is 5.41 Å². The first-order valence-corrected chi connectivity index (χ1v) is 11.6. The molecule has 29 heavy (non-hydrogen) atoms. The summed E-state index contributed by atoms with van der Waals surface area (Å²) >= 11 is 4.95. The van der Waals surface area contributed by atoms with Crippen LogP contribution >= 0.6 is 27.3 Å². The van der Waals surface area contributed by atoms with Gasteiger partial charge in [-0.2, -0.15) is 0 Å². The lowest BCUT2D eigenvalue weighted by Gasteiger charge is -2.46. The monoisotopic (exact) mass is 475 g/mol. The van der Waals surface area contributed by atoms with E-state index in [0.29, 0.717) is 23.0 Å². The fourth-order valence-corrected chi connectivity index (χ4v) is 6.12. The molecule has 0 atom stereocenters. The van der Waals surface area contributed by atoms with Crippen LogP contribution in [0.15, 0.2) is 39.9 Å². The van der Waals surface area contributed by atoms with E-state index in [1.165, 1.54) is 11.3 Å². The fourth-order valence-electron chi connectivity index (χ4n) is 4.96. The highest BCUT2D eigenvalue weighted by Crippen LogP contribution is 2.36. The summed E-state index contributed by atoms with van der Waals surface area (Å²) in [6.07, 6.45) is 1.97. The van der Waals surface area contributed by atoms with Gasteiger partial charge in [0.1, 0.15) is 16.6 Å². The molecule has 2 aliphatic heterocycles. The Morgan fingerprint density at radius 3 is 2.41 bits per heavy atom. The van der Waals surface area contributed by atoms with Gasteiger partial charge in [-0.15, -0.1) is 11.3 Å². The van der Waals surface area contributed by atoms with Crippen LogP contribution in [0.2, 0.25) is 0 Å². The summed E-state index contributed by atoms with van der Waals surface area (Å²) < 4.78 is 1.03. The van der Waals surface area contributed by atoms with E-state index in [4.69, 9.17) is 10.4 Å². The van der Waals surface area contributed by atoms with Crippen molar-refractivity contribution in [2.75, 3.05) is 6.54 Å². The Kier molecular flexibility index (Phi) is 5.12. The average molecular weight is 476 g/mol. The second kappa shape index (κ2) is 7.22. The maximum Gasteiger partial charge on any atom is 0.135 e. The van der Waals surface area contributed by atoms with Crippen LogP contribution in [0, 0.1) is 5.41 Å². The third kappa shape index (κ3) is 4.13. The van der Waals surface area contributed by atoms with Gasteiger partial charge in [-0.25, -0.2) is 4.98 Å². The SMILES string of the molecule is CC1(C)CC(N2CC(O)=C(c3nc(-c4ccc(Br)cc4)cs3)C2=N)CC(C)(C)[NH2+]1. The quantitative estimate of drug-likeness (QED) is 0.614. The number of quaternary nitrogens is 1. The van der Waals surface area contributed by atoms with Crippen LogP contribution in [0.25, 0.3) is 16.8 Å². The van der Waals surface area contributed by atoms with E-state index >= 15 is 0 Å². The van der Waals surface area contributed by atoms with E-state index in [2.05, 4.69) is 53.8 Å². The minimum absolute atomic E-state index is 0.112. The topological polar surface area (TPSA) is 76.8 Å². The fraction of sp³-hybridized carbons (Fsp3) is 0.455. The van der Waals surface area contributed by atoms with E-state index in [9.17, 15) is 5.11 Å². The maximum atomic E-state index is 10.7. The number of aromatic nitrogens is 1. The molecular weight excluding hydrogens is 448 g/mol. The standard InChI is InChI=1S/C22H27BrN4OS/c1-21(2)9-15(10-22(3,4)26-21)27-11-17(28)18(19(27)24)20-25-16(12-29-20)13-5-7-14(23)8-6-13/h5-8,12,15,24,26,28H,9-11H2,1-4H3/p+1. The van der Waals surface area contributed by atoms with Gasteiger partial charge in [0.2, 0.25) is 0 Å². The van der Waals surface area contributed by atoms with Gasteiger partial charge in [0.05, 0.1) is 28.9 Å². The molecule has 4 rings (SSSR count). The number of aliphatic hydroxyl groups excluding tert-OH is 1. The van der Waals surface area contributed by atoms with Gasteiger partial charge in [0, 0.05) is 34.3 Å². The van der Waals surface area contributed by atoms with Crippen LogP contribution in [-0.4, -0.2) is 44.5 Å². The molecule has 0 aliphatic carbocycles. The smallest absolute Gasteiger partial charge is 0.135 e. The van der Waals surface area contributed by atoms with Gasteiger partial charge in [0.25, 0.3) is 0 Å². The van der Waals surface area contributed by atoms with Crippen LogP contribution in [0.4, 0.5) is 0 Å². The van der Waals surface area contributed by atoms with Crippen LogP contribution in [0.3, 0.4) is 0 Å². The molecular formula is C22H28BrN4OS+. The second-order valence-electron chi connectivity index (χ2n) is 9.53. The Morgan fingerprint density at radius 2 is 1.79 bits per heavy atom. The normalized spacial score (nSPS) is 21.8. The molecule has 4 N–H and O–H groups in total. The van der Waals surface area contributed by atoms with Crippen molar-refractivity contribution in [3.8, 4) is 11.3 Å². The molecule has 5 nitrogen and oxygen atoms in total. The predicted octanol–water partition coefficient (Wildman–Crippen LogP) is 4.42. The largest absolute Gasteiger partial charge is 0.510 e. The van der Waals surface area contributed by atoms with E-state index in [1.54, 1.807) is 0 Å². The summed E-state index contributed by atoms with van der Waals surface area (Å²) in [5.41, 5.74) is 2.72. The zero-order chi connectivity index (χ0) is 21.0. The molecule has 0 radical (unpaired) electrons. The molecule has 1 aromatic heterocycles. The highest BCUT2D eigenvalue weighted by molar-refractivity contribution is 9.10. The van der Waals surface area contributed by atoms with Gasteiger partial charge in [-0.05, 0) is 39.8 Å². The zero-order valence-electron chi connectivity index (χ0n) is 17.3. The number of rotatable bonds is 3. The van der Waals surface area contributed by atoms with Crippen LogP contribution in [0.1, 0.15) is 45.5 Å². The van der Waals surface area contributed by atoms with Gasteiger partial charge in [0.15, 0.2) is 0 Å². The summed E-state index contributed by atoms with van der Waals surface area (Å²) in [4.78, 5) is 6.81. The number of benzene rings is 1. The molecule has 1 aromatic carbocycles. The van der Waals surface area contributed by atoms with Crippen LogP contribution in [-0.2, 0) is 0 Å². The van der Waals surface area contributed by atoms with Crippen molar-refractivity contribution in [3.63, 3.8) is 0 Å². The zero-order valence-corrected chi connectivity index (χ0v) is 19.7. The molecule has 0 amide bonds. The van der Waals surface area contributed by atoms with Gasteiger partial charge < -0.3 is 15.3 Å². The number of nitrogens with two attached hydrogens (primary N) is 1. The number of hydrogen-bond donors (Lipinski definition) is 3. The van der Waals surface area contributed by atoms with E-state index < -0.39 is 0 Å². The molecule has 0 unspecified atom stereocenters. The van der Waals surface area contributed by atoms with Crippen molar-refractivity contribution in [1.29, 1.82) is 5.41 Å². The van der Waals surface area contributed by atoms with Crippen molar-refractivity contribution < 1.29 is 10.4 Å². The summed E-state index contributed by atoms with van der Waals surface area (Å²) in [6.45, 7) is 9.46. The minimum Gasteiger partial charge on any atom is -0.510 e. The summed E-state index contributed by atoms with van der Waals surface area (Å²) in [5.74, 6) is 0.662. The molecule has 1 saturated heterocycles. The first-order valence-electron chi connectivity index (χ1n) is 9.91. The minimum atomic E-state index is 0.112. The molecule has 3 heterocycles. The Morgan fingerprint density at radius 1 is 1.17 bits per heavy atom. The molecule has 0 saturated carbocycles. The predicted molar refractivity (Wildman–Crippen MR) is 122 cm³/mol. The molecule has 0 spiro atoms. The number of halogens is 1. The number of nitrogens with one attached hydrogen (secondary N) is 1. The number of amidine groups is 1. The highest BCUT2D eigenvalue weighted by atomic mass is 79.9. The third-order valence-electron chi connectivity index (χ3n) is 5.74. The molecule has 154 valence electrons. The first-order chi connectivity index (χ1) is 13.5. The third-order valence-corrected chi connectivity index (χ3v) is 7.12. The van der Waals surface area contributed by atoms with Crippen LogP contribution in [0.5, 0.6) is 0 Å². The first kappa shape index (κ1) is 20.6. The summed E-state index contributed by atoms with van der Waals surface area (Å²) in [5, 5.41) is 24.7. The van der Waals surface area contributed by atoms with E-state index in [1.807, 2.05) is 29.6 Å². The lowest BCUT2D eigenvalue weighted by molar-refractivity contribution is -0.788. The van der Waals surface area contributed by atoms with Gasteiger partial charge >= 0.3 is 0 Å². The number of aliphatic hydroxyl groups is 1. The average Bonchev–Trinajstić information content (AvgIpc) is 3.17. The maximum absolute atomic E-state index is 10.7. The lowest BCUT2D eigenvalue weighted by atomic mass is 9.79. The van der Waals surface area contributed by atoms with Crippen molar-refractivity contribution in [2.24, 2.45) is 0 Å². The van der Waals surface area contributed by atoms with Crippen molar-refractivity contribution in [2.45, 2.75) is 57.7 Å². The summed E-state index contributed by atoms with van der Waals surface area (Å²) in [6, 6.07) is 8.27. The number of hydrogen-bond acceptors (Lipinski definition) is 4. The van der Waals surface area contributed by atoms with E-state index in [0.717, 1.165) is 28.6 Å². The Labute approximate surface area is 184 Å². The van der Waals surface area contributed by atoms with Crippen molar-refractivity contribution in [3.05, 3.63) is 44.9 Å². The molecule has 1 fully saturated rings. The highest BCUT2D eigenvalue weighted by Gasteiger charge is 2.46. The summed E-state index contributed by atoms with van der Waals surface area (Å²) in [7, 11) is 0. The Bertz CT molecular complexity index is 961. The molecule has 7 heteroatoms. The lowest BCUT2D eigenvalue weighted by Crippen LogP contribution is -3.06. The number of nitrogens with zero attached hydrogens (tertiary/aromatic N) is 2. The Balaban J connectivity index is 1.58. The molecule has 0 bridgehead atoms. The number of thiazole rings is 1. The van der Waals surface area contributed by atoms with Crippen molar-refractivity contribution >= 4 is 38.7 Å². The van der Waals surface area contributed by atoms with Crippen LogP contribution < -0.4 is 5.32 Å². The molecule has 2 aliphatic rings. The molecule has 2 aromatic rings. The van der Waals surface area contributed by atoms with Gasteiger partial charge in [-0.1, -0.05) is 28.1 Å². The number of piperidine rings is 1. The van der Waals surface area contributed by atoms with Crippen molar-refractivity contribution in [1.82, 2.24) is 9.88 Å². The van der Waals surface area contributed by atoms with E-state index in [-0.39, 0.29) is 22.9 Å².